The topological polar surface area (TPSA) is 84.2 Å². The summed E-state index contributed by atoms with van der Waals surface area (Å²) in [5.74, 6) is 0. The fourth-order valence-electron chi connectivity index (χ4n) is 1.50. The molecule has 0 bridgehead atoms. The molecule has 0 aliphatic rings. The number of aliphatic hydroxyl groups is 4. The Hall–Kier alpha value is -1.14. The van der Waals surface area contributed by atoms with E-state index in [1.165, 1.54) is 4.90 Å². The molecule has 5 nitrogen and oxygen atoms in total. The normalized spacial score (nSPS) is 11.2. The van der Waals surface area contributed by atoms with Gasteiger partial charge in [0, 0.05) is 5.69 Å². The summed E-state index contributed by atoms with van der Waals surface area (Å²) in [6.07, 6.45) is -3.03. The number of nitrogens with zero attached hydrogens (tertiary/aromatic N) is 1. The molecule has 0 saturated carbocycles. The lowest BCUT2D eigenvalue weighted by molar-refractivity contribution is -0.0481. The maximum atomic E-state index is 8.92. The van der Waals surface area contributed by atoms with E-state index < -0.39 is 12.6 Å². The molecule has 4 N–H and O–H groups in total. The summed E-state index contributed by atoms with van der Waals surface area (Å²) in [7, 11) is 0. The second-order valence-electron chi connectivity index (χ2n) is 3.71. The number of anilines is 1. The van der Waals surface area contributed by atoms with Crippen molar-refractivity contribution >= 4 is 5.69 Å². The molecule has 0 aliphatic heterocycles. The molecule has 0 atom stereocenters. The van der Waals surface area contributed by atoms with Crippen LogP contribution >= 0.6 is 0 Å². The maximum Gasteiger partial charge on any atom is 0.169 e. The summed E-state index contributed by atoms with van der Waals surface area (Å²) >= 11 is 0. The van der Waals surface area contributed by atoms with Crippen molar-refractivity contribution in [2.24, 2.45) is 0 Å². The van der Waals surface area contributed by atoms with Crippen LogP contribution in [0.4, 0.5) is 5.69 Å². The molecular weight excluding hydrogens is 210 g/mol. The van der Waals surface area contributed by atoms with Gasteiger partial charge in [0.15, 0.2) is 12.6 Å². The first kappa shape index (κ1) is 12.9. The van der Waals surface area contributed by atoms with E-state index >= 15 is 0 Å². The van der Waals surface area contributed by atoms with Crippen molar-refractivity contribution in [3.8, 4) is 0 Å². The first-order valence-electron chi connectivity index (χ1n) is 5.03. The summed E-state index contributed by atoms with van der Waals surface area (Å²) in [6, 6.07) is 7.35. The Labute approximate surface area is 94.2 Å². The summed E-state index contributed by atoms with van der Waals surface area (Å²) < 4.78 is 0. The average Bonchev–Trinajstić information content (AvgIpc) is 2.15. The van der Waals surface area contributed by atoms with Crippen LogP contribution in [0.2, 0.25) is 0 Å². The van der Waals surface area contributed by atoms with Gasteiger partial charge in [-0.1, -0.05) is 12.1 Å². The third-order valence-corrected chi connectivity index (χ3v) is 2.13. The van der Waals surface area contributed by atoms with Gasteiger partial charge in [-0.05, 0) is 24.6 Å². The maximum absolute atomic E-state index is 8.92. The van der Waals surface area contributed by atoms with E-state index in [1.807, 2.05) is 25.1 Å². The van der Waals surface area contributed by atoms with Crippen molar-refractivity contribution in [3.63, 3.8) is 0 Å². The molecule has 90 valence electrons. The lowest BCUT2D eigenvalue weighted by Gasteiger charge is -2.26. The first-order valence-corrected chi connectivity index (χ1v) is 5.03. The van der Waals surface area contributed by atoms with E-state index in [0.29, 0.717) is 0 Å². The van der Waals surface area contributed by atoms with Gasteiger partial charge in [-0.25, -0.2) is 0 Å². The minimum absolute atomic E-state index is 0.0684. The number of aryl methyl sites for hydroxylation is 1. The Morgan fingerprint density at radius 3 is 2.06 bits per heavy atom. The summed E-state index contributed by atoms with van der Waals surface area (Å²) in [6.45, 7) is 1.77. The fraction of sp³-hybridized carbons (Fsp3) is 0.455. The fourth-order valence-corrected chi connectivity index (χ4v) is 1.50. The highest BCUT2D eigenvalue weighted by atomic mass is 16.5. The van der Waals surface area contributed by atoms with Gasteiger partial charge in [0.1, 0.15) is 0 Å². The Bertz CT molecular complexity index is 318. The molecule has 0 aliphatic carbocycles. The van der Waals surface area contributed by atoms with Crippen molar-refractivity contribution in [3.05, 3.63) is 29.8 Å². The number of hydrogen-bond donors (Lipinski definition) is 4. The molecule has 1 aromatic rings. The van der Waals surface area contributed by atoms with Crippen molar-refractivity contribution in [2.75, 3.05) is 18.0 Å². The minimum Gasteiger partial charge on any atom is -0.367 e. The molecule has 1 aromatic carbocycles. The zero-order valence-electron chi connectivity index (χ0n) is 9.11. The van der Waals surface area contributed by atoms with Gasteiger partial charge >= 0.3 is 0 Å². The van der Waals surface area contributed by atoms with Crippen LogP contribution in [0.3, 0.4) is 0 Å². The van der Waals surface area contributed by atoms with Crippen molar-refractivity contribution in [1.29, 1.82) is 0 Å². The van der Waals surface area contributed by atoms with Crippen molar-refractivity contribution in [2.45, 2.75) is 19.5 Å². The van der Waals surface area contributed by atoms with Crippen LogP contribution in [0.1, 0.15) is 5.56 Å². The second kappa shape index (κ2) is 5.81. The van der Waals surface area contributed by atoms with Crippen LogP contribution in [0, 0.1) is 6.92 Å². The van der Waals surface area contributed by atoms with Crippen LogP contribution in [0.5, 0.6) is 0 Å². The van der Waals surface area contributed by atoms with Crippen LogP contribution in [-0.2, 0) is 0 Å². The van der Waals surface area contributed by atoms with E-state index in [2.05, 4.69) is 0 Å². The largest absolute Gasteiger partial charge is 0.367 e. The van der Waals surface area contributed by atoms with Crippen molar-refractivity contribution in [1.82, 2.24) is 0 Å². The number of hydrogen-bond acceptors (Lipinski definition) is 5. The second-order valence-corrected chi connectivity index (χ2v) is 3.71. The molecule has 0 aromatic heterocycles. The molecule has 0 spiro atoms. The smallest absolute Gasteiger partial charge is 0.169 e. The SMILES string of the molecule is Cc1cccc(N(CC(O)O)CC(O)O)c1. The number of aliphatic hydroxyl groups excluding tert-OH is 2. The lowest BCUT2D eigenvalue weighted by Crippen LogP contribution is -2.38. The molecule has 0 radical (unpaired) electrons. The van der Waals surface area contributed by atoms with Gasteiger partial charge in [-0.3, -0.25) is 0 Å². The zero-order chi connectivity index (χ0) is 12.1. The lowest BCUT2D eigenvalue weighted by atomic mass is 10.2. The van der Waals surface area contributed by atoms with E-state index in [9.17, 15) is 0 Å². The van der Waals surface area contributed by atoms with Crippen LogP contribution in [0.15, 0.2) is 24.3 Å². The molecule has 0 unspecified atom stereocenters. The Morgan fingerprint density at radius 1 is 1.06 bits per heavy atom. The van der Waals surface area contributed by atoms with E-state index in [1.54, 1.807) is 6.07 Å². The molecule has 5 heteroatoms. The first-order chi connectivity index (χ1) is 7.49. The number of rotatable bonds is 5. The van der Waals surface area contributed by atoms with Gasteiger partial charge in [-0.2, -0.15) is 0 Å². The number of benzene rings is 1. The molecule has 0 amide bonds. The highest BCUT2D eigenvalue weighted by Gasteiger charge is 2.13. The van der Waals surface area contributed by atoms with E-state index in [-0.39, 0.29) is 13.1 Å². The van der Waals surface area contributed by atoms with Gasteiger partial charge < -0.3 is 25.3 Å². The average molecular weight is 227 g/mol. The molecule has 0 fully saturated rings. The Balaban J connectivity index is 2.82. The summed E-state index contributed by atoms with van der Waals surface area (Å²) in [5, 5.41) is 35.7. The molecular formula is C11H17NO4. The monoisotopic (exact) mass is 227 g/mol. The van der Waals surface area contributed by atoms with Crippen LogP contribution < -0.4 is 4.90 Å². The molecule has 16 heavy (non-hydrogen) atoms. The minimum atomic E-state index is -1.51. The van der Waals surface area contributed by atoms with Crippen LogP contribution in [-0.4, -0.2) is 46.1 Å². The molecule has 1 rings (SSSR count). The zero-order valence-corrected chi connectivity index (χ0v) is 9.11. The standard InChI is InChI=1S/C11H17NO4/c1-8-3-2-4-9(5-8)12(6-10(13)14)7-11(15)16/h2-5,10-11,13-16H,6-7H2,1H3. The van der Waals surface area contributed by atoms with Gasteiger partial charge in [0.05, 0.1) is 13.1 Å². The quantitative estimate of drug-likeness (QED) is 0.506. The summed E-state index contributed by atoms with van der Waals surface area (Å²) in [5.41, 5.74) is 1.74. The summed E-state index contributed by atoms with van der Waals surface area (Å²) in [4.78, 5) is 1.50. The van der Waals surface area contributed by atoms with Crippen LogP contribution in [0.25, 0.3) is 0 Å². The highest BCUT2D eigenvalue weighted by Crippen LogP contribution is 2.16. The highest BCUT2D eigenvalue weighted by molar-refractivity contribution is 5.48. The van der Waals surface area contributed by atoms with E-state index in [4.69, 9.17) is 20.4 Å². The van der Waals surface area contributed by atoms with Gasteiger partial charge in [-0.15, -0.1) is 0 Å². The molecule has 0 heterocycles. The predicted octanol–water partition coefficient (Wildman–Crippen LogP) is -0.577. The van der Waals surface area contributed by atoms with Gasteiger partial charge in [0.2, 0.25) is 0 Å². The predicted molar refractivity (Wildman–Crippen MR) is 59.8 cm³/mol. The third kappa shape index (κ3) is 4.16. The van der Waals surface area contributed by atoms with Gasteiger partial charge in [0.25, 0.3) is 0 Å². The Morgan fingerprint density at radius 2 is 1.62 bits per heavy atom. The van der Waals surface area contributed by atoms with E-state index in [0.717, 1.165) is 11.3 Å². The van der Waals surface area contributed by atoms with Crippen molar-refractivity contribution < 1.29 is 20.4 Å². The molecule has 0 saturated heterocycles. The Kier molecular flexibility index (Phi) is 4.70. The third-order valence-electron chi connectivity index (χ3n) is 2.13.